The lowest BCUT2D eigenvalue weighted by atomic mass is 10.1. The van der Waals surface area contributed by atoms with Crippen molar-refractivity contribution in [1.82, 2.24) is 14.9 Å². The van der Waals surface area contributed by atoms with E-state index in [4.69, 9.17) is 9.47 Å². The Balaban J connectivity index is 1.68. The fourth-order valence-electron chi connectivity index (χ4n) is 2.82. The summed E-state index contributed by atoms with van der Waals surface area (Å²) in [5, 5.41) is 3.06. The summed E-state index contributed by atoms with van der Waals surface area (Å²) < 4.78 is 13.8. The van der Waals surface area contributed by atoms with E-state index in [-0.39, 0.29) is 25.0 Å². The molecule has 1 N–H and O–H groups in total. The molecule has 0 aliphatic heterocycles. The molecule has 6 nitrogen and oxygen atoms in total. The maximum Gasteiger partial charge on any atom is 0.224 e. The number of nitrogens with one attached hydrogen (secondary N) is 1. The lowest BCUT2D eigenvalue weighted by Gasteiger charge is -2.20. The average Bonchev–Trinajstić information content (AvgIpc) is 3.12. The number of halogens is 1. The van der Waals surface area contributed by atoms with Gasteiger partial charge in [-0.25, -0.2) is 4.98 Å². The third kappa shape index (κ3) is 5.13. The number of amides is 1. The van der Waals surface area contributed by atoms with Gasteiger partial charge in [0.1, 0.15) is 23.4 Å². The van der Waals surface area contributed by atoms with Crippen molar-refractivity contribution < 1.29 is 14.3 Å². The summed E-state index contributed by atoms with van der Waals surface area (Å²) in [7, 11) is 3.52. The molecule has 0 radical (unpaired) electrons. The molecule has 0 spiro atoms. The monoisotopic (exact) mass is 443 g/mol. The number of aryl methyl sites for hydroxylation is 1. The molecule has 2 aromatic carbocycles. The zero-order valence-corrected chi connectivity index (χ0v) is 17.3. The largest absolute Gasteiger partial charge is 0.497 e. The number of aromatic nitrogens is 2. The molecule has 0 aliphatic rings. The van der Waals surface area contributed by atoms with Gasteiger partial charge in [-0.05, 0) is 35.9 Å². The van der Waals surface area contributed by atoms with Gasteiger partial charge >= 0.3 is 0 Å². The van der Waals surface area contributed by atoms with E-state index in [0.717, 1.165) is 27.4 Å². The predicted octanol–water partition coefficient (Wildman–Crippen LogP) is 3.87. The van der Waals surface area contributed by atoms with Crippen LogP contribution in [0.15, 0.2) is 65.4 Å². The van der Waals surface area contributed by atoms with Crippen molar-refractivity contribution in [2.75, 3.05) is 13.7 Å². The van der Waals surface area contributed by atoms with Gasteiger partial charge < -0.3 is 19.4 Å². The molecule has 1 amide bonds. The van der Waals surface area contributed by atoms with Gasteiger partial charge in [0.15, 0.2) is 0 Å². The minimum Gasteiger partial charge on any atom is -0.497 e. The number of carbonyl (C=O) groups is 1. The molecule has 0 bridgehead atoms. The lowest BCUT2D eigenvalue weighted by Crippen LogP contribution is -2.32. The van der Waals surface area contributed by atoms with Crippen molar-refractivity contribution in [3.05, 3.63) is 76.8 Å². The quantitative estimate of drug-likeness (QED) is 0.573. The van der Waals surface area contributed by atoms with Gasteiger partial charge in [-0.2, -0.15) is 0 Å². The van der Waals surface area contributed by atoms with Crippen LogP contribution in [0, 0.1) is 0 Å². The first-order valence-corrected chi connectivity index (χ1v) is 9.65. The Hall–Kier alpha value is -2.80. The second-order valence-electron chi connectivity index (χ2n) is 6.23. The molecule has 0 aliphatic carbocycles. The Morgan fingerprint density at radius 3 is 2.71 bits per heavy atom. The maximum absolute atomic E-state index is 12.6. The molecule has 1 unspecified atom stereocenters. The number of hydrogen-bond donors (Lipinski definition) is 1. The normalized spacial score (nSPS) is 11.7. The van der Waals surface area contributed by atoms with Crippen LogP contribution in [0.5, 0.6) is 11.5 Å². The minimum absolute atomic E-state index is 0.120. The number of nitrogens with zero attached hydrogens (tertiary/aromatic N) is 2. The Labute approximate surface area is 172 Å². The second-order valence-corrected chi connectivity index (χ2v) is 7.14. The van der Waals surface area contributed by atoms with E-state index in [2.05, 4.69) is 26.2 Å². The van der Waals surface area contributed by atoms with Gasteiger partial charge in [-0.1, -0.05) is 34.1 Å². The highest BCUT2D eigenvalue weighted by atomic mass is 79.9. The summed E-state index contributed by atoms with van der Waals surface area (Å²) in [6.45, 7) is 0.285. The molecule has 28 heavy (non-hydrogen) atoms. The number of hydrogen-bond acceptors (Lipinski definition) is 4. The molecular weight excluding hydrogens is 422 g/mol. The zero-order valence-electron chi connectivity index (χ0n) is 15.8. The molecule has 146 valence electrons. The molecule has 0 saturated carbocycles. The lowest BCUT2D eigenvalue weighted by molar-refractivity contribution is -0.122. The Kier molecular flexibility index (Phi) is 6.71. The van der Waals surface area contributed by atoms with Crippen LogP contribution in [0.1, 0.15) is 23.9 Å². The van der Waals surface area contributed by atoms with Crippen LogP contribution < -0.4 is 14.8 Å². The average molecular weight is 444 g/mol. The van der Waals surface area contributed by atoms with E-state index in [1.165, 1.54) is 0 Å². The van der Waals surface area contributed by atoms with Gasteiger partial charge in [0, 0.05) is 23.9 Å². The molecule has 7 heteroatoms. The molecule has 1 aromatic heterocycles. The summed E-state index contributed by atoms with van der Waals surface area (Å²) in [5.41, 5.74) is 0.898. The summed E-state index contributed by atoms with van der Waals surface area (Å²) in [6, 6.07) is 14.8. The Bertz CT molecular complexity index is 942. The van der Waals surface area contributed by atoms with Crippen LogP contribution in [-0.2, 0) is 11.8 Å². The smallest absolute Gasteiger partial charge is 0.224 e. The van der Waals surface area contributed by atoms with Crippen molar-refractivity contribution in [3.63, 3.8) is 0 Å². The number of rotatable bonds is 8. The van der Waals surface area contributed by atoms with Crippen LogP contribution >= 0.6 is 15.9 Å². The zero-order chi connectivity index (χ0) is 19.9. The predicted molar refractivity (Wildman–Crippen MR) is 110 cm³/mol. The van der Waals surface area contributed by atoms with Crippen LogP contribution in [-0.4, -0.2) is 29.2 Å². The SMILES string of the molecule is COc1cccc(C(NC(=O)CCOc2cccc(Br)c2)c2nccn2C)c1. The third-order valence-electron chi connectivity index (χ3n) is 4.24. The van der Waals surface area contributed by atoms with Crippen molar-refractivity contribution in [2.45, 2.75) is 12.5 Å². The first-order chi connectivity index (χ1) is 13.6. The first-order valence-electron chi connectivity index (χ1n) is 8.85. The van der Waals surface area contributed by atoms with E-state index in [1.54, 1.807) is 13.3 Å². The number of carbonyl (C=O) groups excluding carboxylic acids is 1. The molecule has 0 fully saturated rings. The van der Waals surface area contributed by atoms with Gasteiger partial charge in [-0.15, -0.1) is 0 Å². The fraction of sp³-hybridized carbons (Fsp3) is 0.238. The molecule has 0 saturated heterocycles. The Morgan fingerprint density at radius 2 is 2.00 bits per heavy atom. The summed E-state index contributed by atoms with van der Waals surface area (Å²) in [6.07, 6.45) is 3.80. The van der Waals surface area contributed by atoms with Crippen LogP contribution in [0.25, 0.3) is 0 Å². The maximum atomic E-state index is 12.6. The number of methoxy groups -OCH3 is 1. The highest BCUT2D eigenvalue weighted by Crippen LogP contribution is 2.24. The summed E-state index contributed by atoms with van der Waals surface area (Å²) >= 11 is 3.40. The van der Waals surface area contributed by atoms with Crippen molar-refractivity contribution in [2.24, 2.45) is 7.05 Å². The molecule has 1 heterocycles. The number of benzene rings is 2. The van der Waals surface area contributed by atoms with Gasteiger partial charge in [0.2, 0.25) is 5.91 Å². The number of ether oxygens (including phenoxy) is 2. The van der Waals surface area contributed by atoms with Gasteiger partial charge in [0.25, 0.3) is 0 Å². The molecule has 3 rings (SSSR count). The third-order valence-corrected chi connectivity index (χ3v) is 4.74. The summed E-state index contributed by atoms with van der Waals surface area (Å²) in [4.78, 5) is 17.0. The highest BCUT2D eigenvalue weighted by Gasteiger charge is 2.21. The van der Waals surface area contributed by atoms with E-state index in [0.29, 0.717) is 0 Å². The molecule has 3 aromatic rings. The van der Waals surface area contributed by atoms with Gasteiger partial charge in [-0.3, -0.25) is 4.79 Å². The standard InChI is InChI=1S/C21H22BrN3O3/c1-25-11-10-23-21(25)20(15-5-3-7-17(13-15)27-2)24-19(26)9-12-28-18-8-4-6-16(22)14-18/h3-8,10-11,13-14,20H,9,12H2,1-2H3,(H,24,26). The van der Waals surface area contributed by atoms with E-state index in [9.17, 15) is 4.79 Å². The highest BCUT2D eigenvalue weighted by molar-refractivity contribution is 9.10. The second kappa shape index (κ2) is 9.41. The Morgan fingerprint density at radius 1 is 1.21 bits per heavy atom. The van der Waals surface area contributed by atoms with Crippen molar-refractivity contribution in [3.8, 4) is 11.5 Å². The van der Waals surface area contributed by atoms with Crippen LogP contribution in [0.3, 0.4) is 0 Å². The van der Waals surface area contributed by atoms with E-state index in [1.807, 2.05) is 66.3 Å². The first kappa shape index (κ1) is 19.9. The van der Waals surface area contributed by atoms with E-state index < -0.39 is 0 Å². The van der Waals surface area contributed by atoms with Gasteiger partial charge in [0.05, 0.1) is 20.1 Å². The molecule has 1 atom stereocenters. The molecular formula is C21H22BrN3O3. The van der Waals surface area contributed by atoms with Crippen LogP contribution in [0.4, 0.5) is 0 Å². The van der Waals surface area contributed by atoms with E-state index >= 15 is 0 Å². The topological polar surface area (TPSA) is 65.4 Å². The van der Waals surface area contributed by atoms with Crippen molar-refractivity contribution >= 4 is 21.8 Å². The fourth-order valence-corrected chi connectivity index (χ4v) is 3.20. The van der Waals surface area contributed by atoms with Crippen LogP contribution in [0.2, 0.25) is 0 Å². The van der Waals surface area contributed by atoms with Crippen molar-refractivity contribution in [1.29, 1.82) is 0 Å². The number of imidazole rings is 1. The minimum atomic E-state index is -0.381. The summed E-state index contributed by atoms with van der Waals surface area (Å²) in [5.74, 6) is 2.07.